The van der Waals surface area contributed by atoms with Crippen molar-refractivity contribution in [3.8, 4) is 11.4 Å². The average molecular weight is 352 g/mol. The second-order valence-electron chi connectivity index (χ2n) is 6.26. The van der Waals surface area contributed by atoms with Crippen molar-refractivity contribution in [2.75, 3.05) is 6.54 Å². The zero-order valence-corrected chi connectivity index (χ0v) is 15.0. The fourth-order valence-corrected chi connectivity index (χ4v) is 4.17. The van der Waals surface area contributed by atoms with Crippen molar-refractivity contribution in [1.29, 1.82) is 0 Å². The van der Waals surface area contributed by atoms with Crippen LogP contribution in [0.25, 0.3) is 11.4 Å². The molecule has 3 aromatic rings. The minimum absolute atomic E-state index is 0.0334. The average Bonchev–Trinajstić information content (AvgIpc) is 3.10. The quantitative estimate of drug-likeness (QED) is 0.784. The first kappa shape index (κ1) is 16.2. The van der Waals surface area contributed by atoms with Crippen molar-refractivity contribution in [3.63, 3.8) is 0 Å². The summed E-state index contributed by atoms with van der Waals surface area (Å²) in [5.41, 5.74) is 2.52. The fraction of sp³-hybridized carbons (Fsp3) is 0.316. The lowest BCUT2D eigenvalue weighted by molar-refractivity contribution is 0.244. The van der Waals surface area contributed by atoms with Gasteiger partial charge in [-0.05, 0) is 30.7 Å². The van der Waals surface area contributed by atoms with Gasteiger partial charge < -0.3 is 4.98 Å². The van der Waals surface area contributed by atoms with Crippen molar-refractivity contribution < 1.29 is 0 Å². The number of hydrogen-bond donors (Lipinski definition) is 1. The molecule has 0 aromatic carbocycles. The number of nitrogens with zero attached hydrogens (tertiary/aromatic N) is 3. The zero-order valence-electron chi connectivity index (χ0n) is 14.2. The molecular formula is C19H20N4OS. The van der Waals surface area contributed by atoms with Crippen LogP contribution >= 0.6 is 11.3 Å². The number of thiophene rings is 1. The van der Waals surface area contributed by atoms with Gasteiger partial charge in [-0.1, -0.05) is 6.92 Å². The molecule has 4 heterocycles. The summed E-state index contributed by atoms with van der Waals surface area (Å²) >= 11 is 1.86. The number of fused-ring (bicyclic) bond motifs is 1. The molecule has 1 aliphatic heterocycles. The largest absolute Gasteiger partial charge is 0.306 e. The van der Waals surface area contributed by atoms with E-state index in [1.165, 1.54) is 9.75 Å². The van der Waals surface area contributed by atoms with E-state index in [1.54, 1.807) is 12.4 Å². The fourth-order valence-electron chi connectivity index (χ4n) is 3.17. The molecule has 0 saturated heterocycles. The second-order valence-corrected chi connectivity index (χ2v) is 7.52. The molecule has 0 atom stereocenters. The molecule has 0 unspecified atom stereocenters. The first-order valence-corrected chi connectivity index (χ1v) is 9.37. The molecule has 0 radical (unpaired) electrons. The summed E-state index contributed by atoms with van der Waals surface area (Å²) < 4.78 is 0. The van der Waals surface area contributed by atoms with E-state index in [2.05, 4.69) is 38.9 Å². The summed E-state index contributed by atoms with van der Waals surface area (Å²) in [7, 11) is 0. The van der Waals surface area contributed by atoms with Crippen LogP contribution < -0.4 is 5.56 Å². The van der Waals surface area contributed by atoms with Gasteiger partial charge >= 0.3 is 0 Å². The van der Waals surface area contributed by atoms with E-state index in [1.807, 2.05) is 23.5 Å². The third-order valence-electron chi connectivity index (χ3n) is 4.53. The Bertz CT molecular complexity index is 932. The maximum Gasteiger partial charge on any atom is 0.255 e. The zero-order chi connectivity index (χ0) is 17.2. The first-order chi connectivity index (χ1) is 12.2. The molecule has 128 valence electrons. The predicted molar refractivity (Wildman–Crippen MR) is 99.6 cm³/mol. The maximum atomic E-state index is 12.6. The molecule has 1 N–H and O–H groups in total. The van der Waals surface area contributed by atoms with Gasteiger partial charge in [0.25, 0.3) is 5.56 Å². The highest BCUT2D eigenvalue weighted by Gasteiger charge is 2.22. The standard InChI is InChI=1S/C19H20N4OS/c1-2-14-5-6-15(25-14)11-23-9-7-17-16(12-23)19(24)22-18(21-17)13-4-3-8-20-10-13/h3-6,8,10H,2,7,9,11-12H2,1H3,(H,21,22,24). The lowest BCUT2D eigenvalue weighted by atomic mass is 10.1. The molecule has 5 nitrogen and oxygen atoms in total. The monoisotopic (exact) mass is 352 g/mol. The third-order valence-corrected chi connectivity index (χ3v) is 5.74. The van der Waals surface area contributed by atoms with E-state index < -0.39 is 0 Å². The molecule has 0 aliphatic carbocycles. The molecule has 3 aromatic heterocycles. The Kier molecular flexibility index (Phi) is 4.46. The highest BCUT2D eigenvalue weighted by atomic mass is 32.1. The van der Waals surface area contributed by atoms with E-state index >= 15 is 0 Å². The van der Waals surface area contributed by atoms with Crippen LogP contribution in [0.1, 0.15) is 27.9 Å². The molecule has 0 spiro atoms. The Morgan fingerprint density at radius 1 is 1.28 bits per heavy atom. The summed E-state index contributed by atoms with van der Waals surface area (Å²) in [4.78, 5) is 29.4. The van der Waals surface area contributed by atoms with Gasteiger partial charge in [0.1, 0.15) is 5.82 Å². The van der Waals surface area contributed by atoms with Crippen LogP contribution in [-0.2, 0) is 25.9 Å². The van der Waals surface area contributed by atoms with Crippen molar-refractivity contribution in [2.45, 2.75) is 32.9 Å². The lowest BCUT2D eigenvalue weighted by Crippen LogP contribution is -2.35. The Hall–Kier alpha value is -2.31. The number of rotatable bonds is 4. The molecule has 4 rings (SSSR count). The van der Waals surface area contributed by atoms with Crippen molar-refractivity contribution in [3.05, 3.63) is 68.0 Å². The van der Waals surface area contributed by atoms with E-state index in [9.17, 15) is 4.79 Å². The van der Waals surface area contributed by atoms with Gasteiger partial charge in [-0.2, -0.15) is 0 Å². The second kappa shape index (κ2) is 6.90. The van der Waals surface area contributed by atoms with Crippen LogP contribution in [0.5, 0.6) is 0 Å². The number of pyridine rings is 1. The molecule has 0 bridgehead atoms. The maximum absolute atomic E-state index is 12.6. The molecule has 25 heavy (non-hydrogen) atoms. The van der Waals surface area contributed by atoms with Gasteiger partial charge in [-0.25, -0.2) is 4.98 Å². The predicted octanol–water partition coefficient (Wildman–Crippen LogP) is 3.01. The van der Waals surface area contributed by atoms with E-state index in [0.29, 0.717) is 12.4 Å². The summed E-state index contributed by atoms with van der Waals surface area (Å²) in [5.74, 6) is 0.608. The molecule has 0 amide bonds. The van der Waals surface area contributed by atoms with Gasteiger partial charge in [0.05, 0.1) is 11.3 Å². The van der Waals surface area contributed by atoms with Crippen LogP contribution in [0.2, 0.25) is 0 Å². The molecule has 1 aliphatic rings. The molecule has 0 fully saturated rings. The number of nitrogens with one attached hydrogen (secondary N) is 1. The van der Waals surface area contributed by atoms with E-state index in [-0.39, 0.29) is 5.56 Å². The lowest BCUT2D eigenvalue weighted by Gasteiger charge is -2.27. The van der Waals surface area contributed by atoms with Crippen LogP contribution in [0, 0.1) is 0 Å². The minimum Gasteiger partial charge on any atom is -0.306 e. The normalized spacial score (nSPS) is 14.4. The smallest absolute Gasteiger partial charge is 0.255 e. The Balaban J connectivity index is 1.56. The molecule has 6 heteroatoms. The van der Waals surface area contributed by atoms with Crippen molar-refractivity contribution in [1.82, 2.24) is 19.9 Å². The number of hydrogen-bond acceptors (Lipinski definition) is 5. The van der Waals surface area contributed by atoms with Crippen LogP contribution in [0.3, 0.4) is 0 Å². The third kappa shape index (κ3) is 3.41. The van der Waals surface area contributed by atoms with Gasteiger partial charge in [-0.15, -0.1) is 11.3 Å². The van der Waals surface area contributed by atoms with Gasteiger partial charge in [-0.3, -0.25) is 14.7 Å². The van der Waals surface area contributed by atoms with E-state index in [4.69, 9.17) is 0 Å². The molecular weight excluding hydrogens is 332 g/mol. The van der Waals surface area contributed by atoms with Crippen LogP contribution in [0.15, 0.2) is 41.5 Å². The Labute approximate surface area is 150 Å². The Morgan fingerprint density at radius 3 is 2.92 bits per heavy atom. The SMILES string of the molecule is CCc1ccc(CN2CCc3nc(-c4cccnc4)[nH]c(=O)c3C2)s1. The first-order valence-electron chi connectivity index (χ1n) is 8.55. The number of aromatic amines is 1. The summed E-state index contributed by atoms with van der Waals surface area (Å²) in [6.07, 6.45) is 5.32. The number of H-pyrrole nitrogens is 1. The summed E-state index contributed by atoms with van der Waals surface area (Å²) in [5, 5.41) is 0. The minimum atomic E-state index is -0.0334. The Morgan fingerprint density at radius 2 is 2.16 bits per heavy atom. The van der Waals surface area contributed by atoms with Crippen molar-refractivity contribution >= 4 is 11.3 Å². The highest BCUT2D eigenvalue weighted by Crippen LogP contribution is 2.23. The summed E-state index contributed by atoms with van der Waals surface area (Å²) in [6, 6.07) is 8.16. The topological polar surface area (TPSA) is 61.9 Å². The van der Waals surface area contributed by atoms with Gasteiger partial charge in [0, 0.05) is 53.8 Å². The number of aryl methyl sites for hydroxylation is 1. The van der Waals surface area contributed by atoms with Crippen LogP contribution in [0.4, 0.5) is 0 Å². The van der Waals surface area contributed by atoms with Crippen molar-refractivity contribution in [2.24, 2.45) is 0 Å². The van der Waals surface area contributed by atoms with Gasteiger partial charge in [0.2, 0.25) is 0 Å². The van der Waals surface area contributed by atoms with Gasteiger partial charge in [0.15, 0.2) is 0 Å². The highest BCUT2D eigenvalue weighted by molar-refractivity contribution is 7.11. The summed E-state index contributed by atoms with van der Waals surface area (Å²) in [6.45, 7) is 4.66. The molecule has 0 saturated carbocycles. The van der Waals surface area contributed by atoms with E-state index in [0.717, 1.165) is 42.8 Å². The number of aromatic nitrogens is 3. The van der Waals surface area contributed by atoms with Crippen LogP contribution in [-0.4, -0.2) is 26.4 Å².